The van der Waals surface area contributed by atoms with Gasteiger partial charge in [0, 0.05) is 13.0 Å². The zero-order chi connectivity index (χ0) is 15.0. The molecule has 0 spiro atoms. The minimum absolute atomic E-state index is 0.175. The van der Waals surface area contributed by atoms with Crippen LogP contribution in [0.1, 0.15) is 25.8 Å². The summed E-state index contributed by atoms with van der Waals surface area (Å²) in [6.45, 7) is 7.24. The van der Waals surface area contributed by atoms with Gasteiger partial charge in [-0.3, -0.25) is 4.79 Å². The Morgan fingerprint density at radius 1 is 1.35 bits per heavy atom. The number of carbonyl (C=O) groups excluding carboxylic acids is 2. The van der Waals surface area contributed by atoms with Crippen molar-refractivity contribution in [3.8, 4) is 5.75 Å². The zero-order valence-corrected chi connectivity index (χ0v) is 12.0. The Hall–Kier alpha value is -2.10. The number of ketones is 1. The van der Waals surface area contributed by atoms with E-state index in [-0.39, 0.29) is 11.7 Å². The lowest BCUT2D eigenvalue weighted by molar-refractivity contribution is -0.127. The Bertz CT molecular complexity index is 465. The molecule has 0 saturated heterocycles. The van der Waals surface area contributed by atoms with Crippen molar-refractivity contribution in [1.29, 1.82) is 0 Å². The van der Waals surface area contributed by atoms with Crippen molar-refractivity contribution in [2.45, 2.75) is 32.8 Å². The molecule has 1 rings (SSSR count). The van der Waals surface area contributed by atoms with Crippen LogP contribution in [0.2, 0.25) is 0 Å². The van der Waals surface area contributed by atoms with E-state index in [0.29, 0.717) is 18.7 Å². The summed E-state index contributed by atoms with van der Waals surface area (Å²) in [7, 11) is 0. The van der Waals surface area contributed by atoms with E-state index in [9.17, 15) is 9.59 Å². The maximum atomic E-state index is 11.6. The summed E-state index contributed by atoms with van der Waals surface area (Å²) in [6, 6.07) is 7.44. The van der Waals surface area contributed by atoms with Crippen LogP contribution in [-0.4, -0.2) is 24.3 Å². The van der Waals surface area contributed by atoms with Crippen LogP contribution in [0.4, 0.5) is 0 Å². The van der Waals surface area contributed by atoms with Crippen LogP contribution < -0.4 is 10.1 Å². The second-order valence-corrected chi connectivity index (χ2v) is 4.64. The summed E-state index contributed by atoms with van der Waals surface area (Å²) in [4.78, 5) is 22.5. The highest BCUT2D eigenvalue weighted by Gasteiger charge is 2.13. The molecule has 0 aliphatic rings. The molecule has 0 aliphatic heterocycles. The van der Waals surface area contributed by atoms with Gasteiger partial charge in [-0.25, -0.2) is 0 Å². The third-order valence-electron chi connectivity index (χ3n) is 2.79. The first kappa shape index (κ1) is 16.0. The predicted octanol–water partition coefficient (Wildman–Crippen LogP) is 2.28. The van der Waals surface area contributed by atoms with E-state index in [2.05, 4.69) is 11.9 Å². The number of Topliss-reactive ketones (excluding diaryl/α,β-unsaturated/α-hetero) is 1. The molecule has 1 unspecified atom stereocenters. The van der Waals surface area contributed by atoms with Crippen molar-refractivity contribution in [2.75, 3.05) is 6.54 Å². The van der Waals surface area contributed by atoms with Gasteiger partial charge in [0.1, 0.15) is 11.5 Å². The average Bonchev–Trinajstić information content (AvgIpc) is 2.43. The maximum absolute atomic E-state index is 11.6. The molecule has 0 aromatic heterocycles. The lowest BCUT2D eigenvalue weighted by atomic mass is 10.1. The van der Waals surface area contributed by atoms with E-state index in [4.69, 9.17) is 4.74 Å². The fraction of sp³-hybridized carbons (Fsp3) is 0.375. The van der Waals surface area contributed by atoms with Crippen LogP contribution in [0.15, 0.2) is 36.9 Å². The van der Waals surface area contributed by atoms with Crippen LogP contribution in [0.5, 0.6) is 5.75 Å². The Kier molecular flexibility index (Phi) is 6.50. The Morgan fingerprint density at radius 3 is 2.55 bits per heavy atom. The van der Waals surface area contributed by atoms with Gasteiger partial charge in [-0.1, -0.05) is 18.2 Å². The number of ether oxygens (including phenoxy) is 1. The van der Waals surface area contributed by atoms with Gasteiger partial charge in [-0.05, 0) is 38.0 Å². The van der Waals surface area contributed by atoms with Crippen LogP contribution in [0, 0.1) is 0 Å². The first-order valence-corrected chi connectivity index (χ1v) is 6.66. The van der Waals surface area contributed by atoms with Crippen molar-refractivity contribution in [2.24, 2.45) is 0 Å². The van der Waals surface area contributed by atoms with E-state index >= 15 is 0 Å². The second kappa shape index (κ2) is 8.15. The van der Waals surface area contributed by atoms with Gasteiger partial charge in [0.15, 0.2) is 6.10 Å². The molecule has 108 valence electrons. The lowest BCUT2D eigenvalue weighted by Crippen LogP contribution is -2.36. The van der Waals surface area contributed by atoms with Crippen LogP contribution in [0.25, 0.3) is 0 Å². The van der Waals surface area contributed by atoms with E-state index < -0.39 is 6.10 Å². The highest BCUT2D eigenvalue weighted by atomic mass is 16.5. The molecule has 4 nitrogen and oxygen atoms in total. The molecular weight excluding hydrogens is 254 g/mol. The molecular formula is C16H21NO3. The molecule has 0 radical (unpaired) electrons. The first-order chi connectivity index (χ1) is 9.52. The third-order valence-corrected chi connectivity index (χ3v) is 2.79. The Labute approximate surface area is 119 Å². The Morgan fingerprint density at radius 2 is 2.00 bits per heavy atom. The van der Waals surface area contributed by atoms with E-state index in [0.717, 1.165) is 12.0 Å². The number of aryl methyl sites for hydroxylation is 1. The molecule has 1 aromatic carbocycles. The van der Waals surface area contributed by atoms with Gasteiger partial charge in [-0.15, -0.1) is 6.58 Å². The second-order valence-electron chi connectivity index (χ2n) is 4.64. The summed E-state index contributed by atoms with van der Waals surface area (Å²) in [5.74, 6) is 0.640. The fourth-order valence-corrected chi connectivity index (χ4v) is 1.63. The summed E-state index contributed by atoms with van der Waals surface area (Å²) < 4.78 is 5.54. The number of amides is 1. The molecule has 0 heterocycles. The van der Waals surface area contributed by atoms with Crippen LogP contribution in [-0.2, 0) is 16.0 Å². The summed E-state index contributed by atoms with van der Waals surface area (Å²) in [5.41, 5.74) is 1.08. The monoisotopic (exact) mass is 275 g/mol. The molecule has 20 heavy (non-hydrogen) atoms. The van der Waals surface area contributed by atoms with Crippen molar-refractivity contribution in [3.05, 3.63) is 42.5 Å². The van der Waals surface area contributed by atoms with Crippen molar-refractivity contribution in [3.63, 3.8) is 0 Å². The van der Waals surface area contributed by atoms with E-state index in [1.165, 1.54) is 0 Å². The molecule has 4 heteroatoms. The van der Waals surface area contributed by atoms with E-state index in [1.54, 1.807) is 19.9 Å². The lowest BCUT2D eigenvalue weighted by Gasteiger charge is -2.14. The van der Waals surface area contributed by atoms with Gasteiger partial charge in [0.2, 0.25) is 0 Å². The molecule has 1 N–H and O–H groups in total. The van der Waals surface area contributed by atoms with Gasteiger partial charge in [0.05, 0.1) is 0 Å². The minimum atomic E-state index is -0.557. The van der Waals surface area contributed by atoms with Crippen molar-refractivity contribution in [1.82, 2.24) is 5.32 Å². The number of benzene rings is 1. The Balaban J connectivity index is 2.50. The van der Waals surface area contributed by atoms with Crippen molar-refractivity contribution >= 4 is 11.7 Å². The highest BCUT2D eigenvalue weighted by molar-refractivity contribution is 5.80. The van der Waals surface area contributed by atoms with Gasteiger partial charge in [-0.2, -0.15) is 0 Å². The number of carbonyl (C=O) groups is 2. The number of nitrogens with one attached hydrogen (secondary N) is 1. The van der Waals surface area contributed by atoms with Crippen LogP contribution in [0.3, 0.4) is 0 Å². The zero-order valence-electron chi connectivity index (χ0n) is 12.0. The molecule has 0 saturated carbocycles. The molecule has 1 amide bonds. The third kappa shape index (κ3) is 5.69. The van der Waals surface area contributed by atoms with Crippen LogP contribution >= 0.6 is 0 Å². The van der Waals surface area contributed by atoms with Gasteiger partial charge >= 0.3 is 0 Å². The number of hydrogen-bond donors (Lipinski definition) is 1. The van der Waals surface area contributed by atoms with Gasteiger partial charge in [0.25, 0.3) is 5.91 Å². The topological polar surface area (TPSA) is 55.4 Å². The van der Waals surface area contributed by atoms with Crippen molar-refractivity contribution < 1.29 is 14.3 Å². The SMILES string of the molecule is C=CCNC(=O)C(C)Oc1ccc(CCC(C)=O)cc1. The normalized spacial score (nSPS) is 11.5. The predicted molar refractivity (Wildman–Crippen MR) is 78.7 cm³/mol. The smallest absolute Gasteiger partial charge is 0.261 e. The maximum Gasteiger partial charge on any atom is 0.261 e. The quantitative estimate of drug-likeness (QED) is 0.740. The molecule has 1 aromatic rings. The molecule has 0 fully saturated rings. The first-order valence-electron chi connectivity index (χ1n) is 6.66. The number of rotatable bonds is 8. The van der Waals surface area contributed by atoms with Gasteiger partial charge < -0.3 is 14.8 Å². The molecule has 0 bridgehead atoms. The van der Waals surface area contributed by atoms with E-state index in [1.807, 2.05) is 24.3 Å². The largest absolute Gasteiger partial charge is 0.481 e. The summed E-state index contributed by atoms with van der Waals surface area (Å²) >= 11 is 0. The summed E-state index contributed by atoms with van der Waals surface area (Å²) in [5, 5.41) is 2.68. The minimum Gasteiger partial charge on any atom is -0.481 e. The average molecular weight is 275 g/mol. The fourth-order valence-electron chi connectivity index (χ4n) is 1.63. The summed E-state index contributed by atoms with van der Waals surface area (Å²) in [6.07, 6.45) is 2.33. The molecule has 0 aliphatic carbocycles. The highest BCUT2D eigenvalue weighted by Crippen LogP contribution is 2.15. The number of hydrogen-bond acceptors (Lipinski definition) is 3. The standard InChI is InChI=1S/C16H21NO3/c1-4-11-17-16(19)13(3)20-15-9-7-14(8-10-15)6-5-12(2)18/h4,7-10,13H,1,5-6,11H2,2-3H3,(H,17,19). The molecule has 1 atom stereocenters.